The second kappa shape index (κ2) is 4.72. The van der Waals surface area contributed by atoms with Crippen molar-refractivity contribution in [3.63, 3.8) is 0 Å². The molecular weight excluding hydrogens is 256 g/mol. The molecule has 0 amide bonds. The highest BCUT2D eigenvalue weighted by atomic mass is 16.6. The highest BCUT2D eigenvalue weighted by Gasteiger charge is 2.27. The predicted molar refractivity (Wildman–Crippen MR) is 77.7 cm³/mol. The van der Waals surface area contributed by atoms with Crippen LogP contribution in [0.15, 0.2) is 30.3 Å². The van der Waals surface area contributed by atoms with Gasteiger partial charge in [-0.1, -0.05) is 6.92 Å². The van der Waals surface area contributed by atoms with Crippen LogP contribution in [-0.2, 0) is 0 Å². The largest absolute Gasteiger partial charge is 0.355 e. The molecule has 1 aromatic heterocycles. The van der Waals surface area contributed by atoms with Gasteiger partial charge in [-0.3, -0.25) is 10.1 Å². The normalized spacial score (nSPS) is 22.4. The molecule has 1 aliphatic heterocycles. The van der Waals surface area contributed by atoms with Crippen LogP contribution < -0.4 is 10.6 Å². The average molecular weight is 272 g/mol. The van der Waals surface area contributed by atoms with Crippen molar-refractivity contribution in [2.45, 2.75) is 13.0 Å². The summed E-state index contributed by atoms with van der Waals surface area (Å²) in [5.41, 5.74) is 6.88. The van der Waals surface area contributed by atoms with Gasteiger partial charge in [0.15, 0.2) is 0 Å². The molecule has 20 heavy (non-hydrogen) atoms. The lowest BCUT2D eigenvalue weighted by Crippen LogP contribution is -2.28. The Morgan fingerprint density at radius 2 is 2.15 bits per heavy atom. The van der Waals surface area contributed by atoms with Crippen LogP contribution in [0.25, 0.3) is 10.9 Å². The molecule has 1 aliphatic rings. The van der Waals surface area contributed by atoms with Gasteiger partial charge in [-0.2, -0.15) is 0 Å². The summed E-state index contributed by atoms with van der Waals surface area (Å²) < 4.78 is 0. The SMILES string of the molecule is CC1CN(c2ccc3cc([N+](=O)[O-])ccc3n2)CC1N. The molecule has 2 aromatic rings. The molecule has 6 nitrogen and oxygen atoms in total. The number of pyridine rings is 1. The second-order valence-electron chi connectivity index (χ2n) is 5.35. The third-order valence-corrected chi connectivity index (χ3v) is 3.86. The highest BCUT2D eigenvalue weighted by molar-refractivity contribution is 5.82. The van der Waals surface area contributed by atoms with E-state index in [4.69, 9.17) is 5.73 Å². The summed E-state index contributed by atoms with van der Waals surface area (Å²) in [5.74, 6) is 1.33. The Bertz CT molecular complexity index is 663. The molecule has 2 atom stereocenters. The molecule has 0 spiro atoms. The Hall–Kier alpha value is -2.21. The molecule has 2 unspecified atom stereocenters. The molecular formula is C14H16N4O2. The molecule has 0 radical (unpaired) electrons. The zero-order valence-corrected chi connectivity index (χ0v) is 11.2. The van der Waals surface area contributed by atoms with E-state index in [1.54, 1.807) is 12.1 Å². The molecule has 0 saturated carbocycles. The van der Waals surface area contributed by atoms with E-state index in [2.05, 4.69) is 16.8 Å². The lowest BCUT2D eigenvalue weighted by Gasteiger charge is -2.17. The minimum absolute atomic E-state index is 0.0869. The van der Waals surface area contributed by atoms with Crippen molar-refractivity contribution in [1.82, 2.24) is 4.98 Å². The maximum absolute atomic E-state index is 10.8. The molecule has 2 N–H and O–H groups in total. The summed E-state index contributed by atoms with van der Waals surface area (Å²) in [4.78, 5) is 17.1. The van der Waals surface area contributed by atoms with E-state index >= 15 is 0 Å². The molecule has 0 bridgehead atoms. The van der Waals surface area contributed by atoms with Gasteiger partial charge in [0.2, 0.25) is 0 Å². The highest BCUT2D eigenvalue weighted by Crippen LogP contribution is 2.25. The summed E-state index contributed by atoms with van der Waals surface area (Å²) in [6, 6.07) is 8.67. The number of nitrogens with zero attached hydrogens (tertiary/aromatic N) is 3. The van der Waals surface area contributed by atoms with Crippen LogP contribution in [0.1, 0.15) is 6.92 Å². The Morgan fingerprint density at radius 3 is 2.80 bits per heavy atom. The molecule has 6 heteroatoms. The average Bonchev–Trinajstić information content (AvgIpc) is 2.77. The monoisotopic (exact) mass is 272 g/mol. The Balaban J connectivity index is 1.95. The van der Waals surface area contributed by atoms with Crippen molar-refractivity contribution in [2.75, 3.05) is 18.0 Å². The third kappa shape index (κ3) is 2.18. The number of nitro benzene ring substituents is 1. The van der Waals surface area contributed by atoms with Crippen LogP contribution in [0.5, 0.6) is 0 Å². The minimum atomic E-state index is -0.394. The number of fused-ring (bicyclic) bond motifs is 1. The number of nitro groups is 1. The van der Waals surface area contributed by atoms with Crippen LogP contribution in [0.4, 0.5) is 11.5 Å². The smallest absolute Gasteiger partial charge is 0.270 e. The number of aromatic nitrogens is 1. The number of anilines is 1. The second-order valence-corrected chi connectivity index (χ2v) is 5.35. The fraction of sp³-hybridized carbons (Fsp3) is 0.357. The molecule has 1 fully saturated rings. The molecule has 1 saturated heterocycles. The van der Waals surface area contributed by atoms with Gasteiger partial charge in [0.1, 0.15) is 5.82 Å². The van der Waals surface area contributed by atoms with Crippen molar-refractivity contribution in [3.8, 4) is 0 Å². The van der Waals surface area contributed by atoms with E-state index in [1.165, 1.54) is 6.07 Å². The van der Waals surface area contributed by atoms with Crippen LogP contribution >= 0.6 is 0 Å². The van der Waals surface area contributed by atoms with Gasteiger partial charge in [-0.25, -0.2) is 4.98 Å². The first kappa shape index (κ1) is 12.8. The van der Waals surface area contributed by atoms with E-state index in [1.807, 2.05) is 12.1 Å². The van der Waals surface area contributed by atoms with Gasteiger partial charge < -0.3 is 10.6 Å². The first-order chi connectivity index (χ1) is 9.54. The predicted octanol–water partition coefficient (Wildman–Crippen LogP) is 1.93. The minimum Gasteiger partial charge on any atom is -0.355 e. The third-order valence-electron chi connectivity index (χ3n) is 3.86. The summed E-state index contributed by atoms with van der Waals surface area (Å²) in [7, 11) is 0. The van der Waals surface area contributed by atoms with E-state index < -0.39 is 4.92 Å². The standard InChI is InChI=1S/C14H16N4O2/c1-9-7-17(8-12(9)15)14-5-2-10-6-11(18(19)20)3-4-13(10)16-14/h2-6,9,12H,7-8,15H2,1H3. The molecule has 2 heterocycles. The molecule has 0 aliphatic carbocycles. The summed E-state index contributed by atoms with van der Waals surface area (Å²) in [5, 5.41) is 11.5. The number of nitrogens with two attached hydrogens (primary N) is 1. The molecule has 104 valence electrons. The Kier molecular flexibility index (Phi) is 3.02. The Morgan fingerprint density at radius 1 is 1.35 bits per heavy atom. The summed E-state index contributed by atoms with van der Waals surface area (Å²) in [6.07, 6.45) is 0. The topological polar surface area (TPSA) is 85.3 Å². The number of hydrogen-bond acceptors (Lipinski definition) is 5. The van der Waals surface area contributed by atoms with Gasteiger partial charge in [0.05, 0.1) is 10.4 Å². The number of non-ortho nitro benzene ring substituents is 1. The first-order valence-corrected chi connectivity index (χ1v) is 6.60. The maximum atomic E-state index is 10.8. The van der Waals surface area contributed by atoms with Crippen LogP contribution in [0.3, 0.4) is 0 Å². The maximum Gasteiger partial charge on any atom is 0.270 e. The van der Waals surface area contributed by atoms with Gasteiger partial charge in [-0.05, 0) is 24.1 Å². The molecule has 3 rings (SSSR count). The van der Waals surface area contributed by atoms with Crippen molar-refractivity contribution >= 4 is 22.4 Å². The van der Waals surface area contributed by atoms with E-state index in [-0.39, 0.29) is 11.7 Å². The summed E-state index contributed by atoms with van der Waals surface area (Å²) in [6.45, 7) is 3.83. The lowest BCUT2D eigenvalue weighted by atomic mass is 10.1. The van der Waals surface area contributed by atoms with Crippen LogP contribution in [0.2, 0.25) is 0 Å². The fourth-order valence-electron chi connectivity index (χ4n) is 2.57. The summed E-state index contributed by atoms with van der Waals surface area (Å²) >= 11 is 0. The van der Waals surface area contributed by atoms with E-state index in [0.29, 0.717) is 5.92 Å². The van der Waals surface area contributed by atoms with E-state index in [0.717, 1.165) is 29.8 Å². The van der Waals surface area contributed by atoms with Crippen molar-refractivity contribution in [3.05, 3.63) is 40.4 Å². The number of benzene rings is 1. The quantitative estimate of drug-likeness (QED) is 0.667. The van der Waals surface area contributed by atoms with Gasteiger partial charge >= 0.3 is 0 Å². The van der Waals surface area contributed by atoms with Gasteiger partial charge in [0.25, 0.3) is 5.69 Å². The van der Waals surface area contributed by atoms with Gasteiger partial charge in [-0.15, -0.1) is 0 Å². The van der Waals surface area contributed by atoms with Crippen molar-refractivity contribution in [2.24, 2.45) is 11.7 Å². The van der Waals surface area contributed by atoms with Crippen molar-refractivity contribution < 1.29 is 4.92 Å². The first-order valence-electron chi connectivity index (χ1n) is 6.60. The van der Waals surface area contributed by atoms with Crippen LogP contribution in [0, 0.1) is 16.0 Å². The number of hydrogen-bond donors (Lipinski definition) is 1. The zero-order valence-electron chi connectivity index (χ0n) is 11.2. The lowest BCUT2D eigenvalue weighted by molar-refractivity contribution is -0.384. The Labute approximate surface area is 116 Å². The number of rotatable bonds is 2. The molecule has 1 aromatic carbocycles. The van der Waals surface area contributed by atoms with Gasteiger partial charge in [0, 0.05) is 36.7 Å². The fourth-order valence-corrected chi connectivity index (χ4v) is 2.57. The zero-order chi connectivity index (χ0) is 14.3. The van der Waals surface area contributed by atoms with E-state index in [9.17, 15) is 10.1 Å². The van der Waals surface area contributed by atoms with Crippen LogP contribution in [-0.4, -0.2) is 29.0 Å². The van der Waals surface area contributed by atoms with Crippen molar-refractivity contribution in [1.29, 1.82) is 0 Å².